The number of carbonyl (C=O) groups is 3. The van der Waals surface area contributed by atoms with Crippen molar-refractivity contribution in [2.24, 2.45) is 0 Å². The number of pyridine rings is 1. The number of anilines is 2. The van der Waals surface area contributed by atoms with Crippen LogP contribution in [0.2, 0.25) is 0 Å². The summed E-state index contributed by atoms with van der Waals surface area (Å²) in [4.78, 5) is 49.3. The third-order valence-electron chi connectivity index (χ3n) is 5.04. The van der Waals surface area contributed by atoms with Crippen molar-refractivity contribution in [3.63, 3.8) is 0 Å². The summed E-state index contributed by atoms with van der Waals surface area (Å²) < 4.78 is 1.10. The molecule has 2 heterocycles. The molecule has 0 aliphatic carbocycles. The number of carbonyl (C=O) groups excluding carboxylic acids is 3. The molecular weight excluding hydrogens is 384 g/mol. The molecule has 4 rings (SSSR count). The third-order valence-corrected chi connectivity index (χ3v) is 5.04. The molecule has 0 fully saturated rings. The Balaban J connectivity index is 1.76. The Labute approximate surface area is 171 Å². The van der Waals surface area contributed by atoms with Crippen molar-refractivity contribution in [1.82, 2.24) is 9.88 Å². The Kier molecular flexibility index (Phi) is 4.46. The largest absolute Gasteiger partial charge is 0.384 e. The van der Waals surface area contributed by atoms with Gasteiger partial charge >= 0.3 is 0 Å². The highest BCUT2D eigenvalue weighted by atomic mass is 16.2. The zero-order chi connectivity index (χ0) is 21.6. The molecule has 0 radical (unpaired) electrons. The van der Waals surface area contributed by atoms with Gasteiger partial charge in [0.1, 0.15) is 5.82 Å². The molecule has 0 saturated carbocycles. The zero-order valence-corrected chi connectivity index (χ0v) is 16.3. The molecular formula is C22H18N4O4. The summed E-state index contributed by atoms with van der Waals surface area (Å²) in [5.74, 6) is -1.83. The van der Waals surface area contributed by atoms with Crippen LogP contribution in [0.3, 0.4) is 0 Å². The van der Waals surface area contributed by atoms with E-state index in [1.165, 1.54) is 6.07 Å². The number of imide groups is 1. The fourth-order valence-corrected chi connectivity index (χ4v) is 3.53. The molecule has 0 spiro atoms. The number of fused-ring (bicyclic) bond motifs is 1. The van der Waals surface area contributed by atoms with E-state index in [1.807, 2.05) is 32.0 Å². The molecule has 3 amide bonds. The Morgan fingerprint density at radius 2 is 1.63 bits per heavy atom. The predicted octanol–water partition coefficient (Wildman–Crippen LogP) is 2.17. The van der Waals surface area contributed by atoms with Crippen molar-refractivity contribution in [2.45, 2.75) is 13.8 Å². The van der Waals surface area contributed by atoms with Gasteiger partial charge in [0.25, 0.3) is 23.3 Å². The van der Waals surface area contributed by atoms with Gasteiger partial charge in [-0.1, -0.05) is 24.3 Å². The Hall–Kier alpha value is -4.20. The van der Waals surface area contributed by atoms with Crippen molar-refractivity contribution in [3.8, 4) is 5.69 Å². The number of aryl methyl sites for hydroxylation is 2. The maximum atomic E-state index is 12.8. The molecule has 1 aliphatic rings. The second-order valence-corrected chi connectivity index (χ2v) is 7.05. The van der Waals surface area contributed by atoms with Gasteiger partial charge in [-0.05, 0) is 43.2 Å². The average Bonchev–Trinajstić information content (AvgIpc) is 2.98. The zero-order valence-electron chi connectivity index (χ0n) is 16.3. The van der Waals surface area contributed by atoms with Crippen LogP contribution in [0.25, 0.3) is 5.69 Å². The van der Waals surface area contributed by atoms with Crippen molar-refractivity contribution < 1.29 is 14.4 Å². The van der Waals surface area contributed by atoms with Gasteiger partial charge in [0.05, 0.1) is 16.8 Å². The SMILES string of the molecule is Cc1cccc(C)c1NC(=O)c1cccc(-n2c(N)c3c(cc2=O)C(=O)NC3=O)c1. The van der Waals surface area contributed by atoms with Gasteiger partial charge in [0, 0.05) is 17.3 Å². The normalized spacial score (nSPS) is 12.5. The number of amides is 3. The highest BCUT2D eigenvalue weighted by molar-refractivity contribution is 6.23. The minimum absolute atomic E-state index is 0.0509. The molecule has 0 unspecified atom stereocenters. The average molecular weight is 402 g/mol. The molecule has 2 aromatic carbocycles. The number of hydrogen-bond donors (Lipinski definition) is 3. The summed E-state index contributed by atoms with van der Waals surface area (Å²) in [5.41, 5.74) is 8.56. The third kappa shape index (κ3) is 3.04. The number of hydrogen-bond acceptors (Lipinski definition) is 5. The lowest BCUT2D eigenvalue weighted by atomic mass is 10.1. The molecule has 0 saturated heterocycles. The summed E-state index contributed by atoms with van der Waals surface area (Å²) in [6, 6.07) is 13.1. The molecule has 8 nitrogen and oxygen atoms in total. The van der Waals surface area contributed by atoms with E-state index in [2.05, 4.69) is 10.6 Å². The van der Waals surface area contributed by atoms with Crippen LogP contribution >= 0.6 is 0 Å². The van der Waals surface area contributed by atoms with Crippen LogP contribution in [0.1, 0.15) is 42.2 Å². The van der Waals surface area contributed by atoms with Crippen molar-refractivity contribution in [2.75, 3.05) is 11.1 Å². The predicted molar refractivity (Wildman–Crippen MR) is 112 cm³/mol. The summed E-state index contributed by atoms with van der Waals surface area (Å²) in [5, 5.41) is 5.01. The van der Waals surface area contributed by atoms with Gasteiger partial charge in [0.2, 0.25) is 0 Å². The number of aromatic nitrogens is 1. The number of nitrogens with one attached hydrogen (secondary N) is 2. The highest BCUT2D eigenvalue weighted by Gasteiger charge is 2.31. The van der Waals surface area contributed by atoms with Crippen molar-refractivity contribution in [1.29, 1.82) is 0 Å². The lowest BCUT2D eigenvalue weighted by Crippen LogP contribution is -2.24. The second-order valence-electron chi connectivity index (χ2n) is 7.05. The van der Waals surface area contributed by atoms with E-state index in [9.17, 15) is 19.2 Å². The lowest BCUT2D eigenvalue weighted by Gasteiger charge is -2.14. The standard InChI is InChI=1S/C22H18N4O4/c1-11-5-3-6-12(2)18(11)24-20(28)13-7-4-8-14(9-13)26-16(27)10-15-17(19(26)23)22(30)25-21(15)29/h3-10H,23H2,1-2H3,(H,24,28)(H,25,29,30). The smallest absolute Gasteiger partial charge is 0.262 e. The van der Waals surface area contributed by atoms with E-state index in [0.29, 0.717) is 11.3 Å². The molecule has 150 valence electrons. The maximum absolute atomic E-state index is 12.8. The molecule has 30 heavy (non-hydrogen) atoms. The summed E-state index contributed by atoms with van der Waals surface area (Å²) >= 11 is 0. The van der Waals surface area contributed by atoms with Crippen LogP contribution in [-0.2, 0) is 0 Å². The first-order valence-corrected chi connectivity index (χ1v) is 9.17. The molecule has 3 aromatic rings. The summed E-state index contributed by atoms with van der Waals surface area (Å²) in [7, 11) is 0. The van der Waals surface area contributed by atoms with Crippen molar-refractivity contribution in [3.05, 3.63) is 86.7 Å². The van der Waals surface area contributed by atoms with E-state index in [4.69, 9.17) is 5.73 Å². The first kappa shape index (κ1) is 19.1. The van der Waals surface area contributed by atoms with Crippen LogP contribution in [0.4, 0.5) is 11.5 Å². The molecule has 0 bridgehead atoms. The second kappa shape index (κ2) is 7.00. The maximum Gasteiger partial charge on any atom is 0.262 e. The van der Waals surface area contributed by atoms with Gasteiger partial charge in [-0.2, -0.15) is 0 Å². The Morgan fingerprint density at radius 3 is 2.33 bits per heavy atom. The molecule has 4 N–H and O–H groups in total. The van der Waals surface area contributed by atoms with Crippen LogP contribution in [0.15, 0.2) is 53.3 Å². The van der Waals surface area contributed by atoms with Gasteiger partial charge in [-0.3, -0.25) is 29.1 Å². The fraction of sp³-hybridized carbons (Fsp3) is 0.0909. The Bertz CT molecular complexity index is 1290. The van der Waals surface area contributed by atoms with Crippen molar-refractivity contribution >= 4 is 29.2 Å². The van der Waals surface area contributed by atoms with Crippen LogP contribution in [-0.4, -0.2) is 22.3 Å². The number of para-hydroxylation sites is 1. The van der Waals surface area contributed by atoms with E-state index in [1.54, 1.807) is 18.2 Å². The fourth-order valence-electron chi connectivity index (χ4n) is 3.53. The van der Waals surface area contributed by atoms with Gasteiger partial charge < -0.3 is 11.1 Å². The van der Waals surface area contributed by atoms with Crippen LogP contribution in [0, 0.1) is 13.8 Å². The van der Waals surface area contributed by atoms with Gasteiger partial charge in [-0.25, -0.2) is 0 Å². The van der Waals surface area contributed by atoms with E-state index >= 15 is 0 Å². The van der Waals surface area contributed by atoms with Crippen LogP contribution in [0.5, 0.6) is 0 Å². The van der Waals surface area contributed by atoms with E-state index in [-0.39, 0.29) is 22.9 Å². The first-order chi connectivity index (χ1) is 14.3. The lowest BCUT2D eigenvalue weighted by molar-refractivity contribution is 0.0879. The molecule has 8 heteroatoms. The minimum Gasteiger partial charge on any atom is -0.384 e. The van der Waals surface area contributed by atoms with E-state index in [0.717, 1.165) is 27.4 Å². The topological polar surface area (TPSA) is 123 Å². The molecule has 1 aliphatic heterocycles. The molecule has 0 atom stereocenters. The number of rotatable bonds is 3. The number of benzene rings is 2. The monoisotopic (exact) mass is 402 g/mol. The summed E-state index contributed by atoms with van der Waals surface area (Å²) in [6.07, 6.45) is 0. The van der Waals surface area contributed by atoms with E-state index < -0.39 is 17.4 Å². The number of nitrogen functional groups attached to an aromatic ring is 1. The number of nitrogens with two attached hydrogens (primary N) is 1. The van der Waals surface area contributed by atoms with Crippen LogP contribution < -0.4 is 21.9 Å². The summed E-state index contributed by atoms with van der Waals surface area (Å²) in [6.45, 7) is 3.80. The minimum atomic E-state index is -0.662. The Morgan fingerprint density at radius 1 is 0.967 bits per heavy atom. The van der Waals surface area contributed by atoms with Gasteiger partial charge in [0.15, 0.2) is 0 Å². The highest BCUT2D eigenvalue weighted by Crippen LogP contribution is 2.24. The first-order valence-electron chi connectivity index (χ1n) is 9.17. The molecule has 1 aromatic heterocycles. The quantitative estimate of drug-likeness (QED) is 0.580. The van der Waals surface area contributed by atoms with Gasteiger partial charge in [-0.15, -0.1) is 0 Å². The number of nitrogens with zero attached hydrogens (tertiary/aromatic N) is 1.